The van der Waals surface area contributed by atoms with Crippen LogP contribution in [0, 0.1) is 5.92 Å². The van der Waals surface area contributed by atoms with Gasteiger partial charge in [0, 0.05) is 38.4 Å². The van der Waals surface area contributed by atoms with E-state index in [1.54, 1.807) is 10.9 Å². The third kappa shape index (κ3) is 3.01. The molecule has 1 amide bonds. The molecule has 3 rings (SSSR count). The zero-order chi connectivity index (χ0) is 15.5. The Labute approximate surface area is 129 Å². The number of rotatable bonds is 4. The van der Waals surface area contributed by atoms with E-state index in [0.29, 0.717) is 6.54 Å². The molecule has 0 aliphatic carbocycles. The molecular formula is C16H21N5O. The van der Waals surface area contributed by atoms with Gasteiger partial charge in [-0.25, -0.2) is 0 Å². The minimum atomic E-state index is -0.0937. The SMILES string of the molecule is CC(NC(=O)[C@H]1CNC[C@@H]1c1cnn(C)c1)c1ccccn1. The predicted molar refractivity (Wildman–Crippen MR) is 83.1 cm³/mol. The molecular weight excluding hydrogens is 278 g/mol. The number of aryl methyl sites for hydroxylation is 1. The average Bonchev–Trinajstić information content (AvgIpc) is 3.16. The molecule has 1 fully saturated rings. The Morgan fingerprint density at radius 1 is 1.45 bits per heavy atom. The fourth-order valence-corrected chi connectivity index (χ4v) is 2.96. The molecule has 2 aromatic heterocycles. The summed E-state index contributed by atoms with van der Waals surface area (Å²) in [6.45, 7) is 3.46. The largest absolute Gasteiger partial charge is 0.348 e. The second-order valence-electron chi connectivity index (χ2n) is 5.80. The standard InChI is InChI=1S/C16H21N5O/c1-11(15-5-3-4-6-18-15)20-16(22)14-9-17-8-13(14)12-7-19-21(2)10-12/h3-7,10-11,13-14,17H,8-9H2,1-2H3,(H,20,22)/t11?,13-,14+/m1/s1. The van der Waals surface area contributed by atoms with Gasteiger partial charge in [-0.05, 0) is 24.6 Å². The summed E-state index contributed by atoms with van der Waals surface area (Å²) in [7, 11) is 1.89. The smallest absolute Gasteiger partial charge is 0.225 e. The number of pyridine rings is 1. The molecule has 6 nitrogen and oxygen atoms in total. The van der Waals surface area contributed by atoms with Crippen molar-refractivity contribution in [1.29, 1.82) is 0 Å². The highest BCUT2D eigenvalue weighted by atomic mass is 16.2. The maximum Gasteiger partial charge on any atom is 0.225 e. The summed E-state index contributed by atoms with van der Waals surface area (Å²) in [5.74, 6) is 0.164. The second kappa shape index (κ2) is 6.27. The molecule has 116 valence electrons. The number of hydrogen-bond donors (Lipinski definition) is 2. The van der Waals surface area contributed by atoms with Gasteiger partial charge in [0.1, 0.15) is 0 Å². The molecule has 3 atom stereocenters. The Balaban J connectivity index is 1.69. The van der Waals surface area contributed by atoms with E-state index >= 15 is 0 Å². The van der Waals surface area contributed by atoms with Crippen molar-refractivity contribution in [3.63, 3.8) is 0 Å². The average molecular weight is 299 g/mol. The van der Waals surface area contributed by atoms with Gasteiger partial charge in [-0.1, -0.05) is 6.07 Å². The molecule has 0 aromatic carbocycles. The molecule has 2 aromatic rings. The van der Waals surface area contributed by atoms with Gasteiger partial charge in [0.05, 0.1) is 23.9 Å². The van der Waals surface area contributed by atoms with Crippen LogP contribution in [0.25, 0.3) is 0 Å². The third-order valence-electron chi connectivity index (χ3n) is 4.19. The first-order valence-electron chi connectivity index (χ1n) is 7.55. The zero-order valence-electron chi connectivity index (χ0n) is 12.9. The Morgan fingerprint density at radius 2 is 2.32 bits per heavy atom. The van der Waals surface area contributed by atoms with E-state index in [0.717, 1.165) is 17.8 Å². The van der Waals surface area contributed by atoms with Crippen LogP contribution in [0.5, 0.6) is 0 Å². The summed E-state index contributed by atoms with van der Waals surface area (Å²) in [5, 5.41) is 10.6. The van der Waals surface area contributed by atoms with Crippen molar-refractivity contribution in [2.24, 2.45) is 13.0 Å². The van der Waals surface area contributed by atoms with Crippen molar-refractivity contribution in [2.75, 3.05) is 13.1 Å². The van der Waals surface area contributed by atoms with Gasteiger partial charge in [0.2, 0.25) is 5.91 Å². The molecule has 1 unspecified atom stereocenters. The first kappa shape index (κ1) is 14.7. The molecule has 1 aliphatic heterocycles. The lowest BCUT2D eigenvalue weighted by atomic mass is 9.90. The van der Waals surface area contributed by atoms with Crippen LogP contribution in [-0.2, 0) is 11.8 Å². The minimum absolute atomic E-state index is 0.0667. The van der Waals surface area contributed by atoms with Crippen LogP contribution in [0.1, 0.15) is 30.1 Å². The molecule has 0 radical (unpaired) electrons. The van der Waals surface area contributed by atoms with Crippen LogP contribution >= 0.6 is 0 Å². The molecule has 1 aliphatic rings. The number of nitrogens with zero attached hydrogens (tertiary/aromatic N) is 3. The highest BCUT2D eigenvalue weighted by Gasteiger charge is 2.35. The van der Waals surface area contributed by atoms with Gasteiger partial charge in [0.25, 0.3) is 0 Å². The first-order chi connectivity index (χ1) is 10.6. The van der Waals surface area contributed by atoms with E-state index in [1.807, 2.05) is 44.6 Å². The molecule has 3 heterocycles. The number of amides is 1. The monoisotopic (exact) mass is 299 g/mol. The summed E-state index contributed by atoms with van der Waals surface area (Å²) in [4.78, 5) is 16.9. The molecule has 2 N–H and O–H groups in total. The van der Waals surface area contributed by atoms with Crippen LogP contribution in [0.2, 0.25) is 0 Å². The quantitative estimate of drug-likeness (QED) is 0.883. The topological polar surface area (TPSA) is 71.8 Å². The van der Waals surface area contributed by atoms with Crippen molar-refractivity contribution >= 4 is 5.91 Å². The van der Waals surface area contributed by atoms with E-state index in [1.165, 1.54) is 0 Å². The number of aromatic nitrogens is 3. The third-order valence-corrected chi connectivity index (χ3v) is 4.19. The molecule has 0 bridgehead atoms. The number of carbonyl (C=O) groups excluding carboxylic acids is 1. The van der Waals surface area contributed by atoms with Crippen molar-refractivity contribution in [2.45, 2.75) is 18.9 Å². The predicted octanol–water partition coefficient (Wildman–Crippen LogP) is 0.995. The number of nitrogens with one attached hydrogen (secondary N) is 2. The van der Waals surface area contributed by atoms with Gasteiger partial charge in [-0.2, -0.15) is 5.10 Å². The highest BCUT2D eigenvalue weighted by Crippen LogP contribution is 2.28. The van der Waals surface area contributed by atoms with E-state index < -0.39 is 0 Å². The Hall–Kier alpha value is -2.21. The van der Waals surface area contributed by atoms with E-state index in [2.05, 4.69) is 20.7 Å². The van der Waals surface area contributed by atoms with E-state index in [-0.39, 0.29) is 23.8 Å². The van der Waals surface area contributed by atoms with Gasteiger partial charge in [-0.15, -0.1) is 0 Å². The van der Waals surface area contributed by atoms with E-state index in [4.69, 9.17) is 0 Å². The molecule has 0 saturated carbocycles. The summed E-state index contributed by atoms with van der Waals surface area (Å²) in [5.41, 5.74) is 1.98. The van der Waals surface area contributed by atoms with Crippen LogP contribution in [0.4, 0.5) is 0 Å². The lowest BCUT2D eigenvalue weighted by molar-refractivity contribution is -0.125. The summed E-state index contributed by atoms with van der Waals surface area (Å²) >= 11 is 0. The molecule has 6 heteroatoms. The van der Waals surface area contributed by atoms with Crippen molar-refractivity contribution in [3.8, 4) is 0 Å². The first-order valence-corrected chi connectivity index (χ1v) is 7.55. The van der Waals surface area contributed by atoms with Crippen molar-refractivity contribution in [1.82, 2.24) is 25.4 Å². The Kier molecular flexibility index (Phi) is 4.20. The number of hydrogen-bond acceptors (Lipinski definition) is 4. The highest BCUT2D eigenvalue weighted by molar-refractivity contribution is 5.80. The summed E-state index contributed by atoms with van der Waals surface area (Å²) in [6.07, 6.45) is 5.58. The van der Waals surface area contributed by atoms with E-state index in [9.17, 15) is 4.79 Å². The van der Waals surface area contributed by atoms with Crippen LogP contribution in [-0.4, -0.2) is 33.8 Å². The molecule has 22 heavy (non-hydrogen) atoms. The Bertz CT molecular complexity index is 639. The lowest BCUT2D eigenvalue weighted by Crippen LogP contribution is -2.36. The van der Waals surface area contributed by atoms with Crippen molar-refractivity contribution in [3.05, 3.63) is 48.0 Å². The molecule has 1 saturated heterocycles. The minimum Gasteiger partial charge on any atom is -0.348 e. The normalized spacial score (nSPS) is 22.5. The maximum absolute atomic E-state index is 12.6. The van der Waals surface area contributed by atoms with Crippen LogP contribution in [0.15, 0.2) is 36.8 Å². The molecule has 0 spiro atoms. The van der Waals surface area contributed by atoms with Gasteiger partial charge < -0.3 is 10.6 Å². The lowest BCUT2D eigenvalue weighted by Gasteiger charge is -2.20. The zero-order valence-corrected chi connectivity index (χ0v) is 12.9. The Morgan fingerprint density at radius 3 is 3.00 bits per heavy atom. The van der Waals surface area contributed by atoms with Gasteiger partial charge in [-0.3, -0.25) is 14.5 Å². The van der Waals surface area contributed by atoms with Crippen LogP contribution < -0.4 is 10.6 Å². The van der Waals surface area contributed by atoms with Gasteiger partial charge in [0.15, 0.2) is 0 Å². The summed E-state index contributed by atoms with van der Waals surface area (Å²) < 4.78 is 1.78. The van der Waals surface area contributed by atoms with Crippen LogP contribution in [0.3, 0.4) is 0 Å². The van der Waals surface area contributed by atoms with Gasteiger partial charge >= 0.3 is 0 Å². The number of carbonyl (C=O) groups is 1. The fraction of sp³-hybridized carbons (Fsp3) is 0.438. The fourth-order valence-electron chi connectivity index (χ4n) is 2.96. The maximum atomic E-state index is 12.6. The second-order valence-corrected chi connectivity index (χ2v) is 5.80. The summed E-state index contributed by atoms with van der Waals surface area (Å²) in [6, 6.07) is 5.64. The van der Waals surface area contributed by atoms with Crippen molar-refractivity contribution < 1.29 is 4.79 Å².